The second kappa shape index (κ2) is 6.40. The zero-order chi connectivity index (χ0) is 9.40. The Hall–Kier alpha value is -1.31. The first-order valence-corrected chi connectivity index (χ1v) is 3.78. The highest BCUT2D eigenvalue weighted by Gasteiger charge is 1.94. The Labute approximate surface area is 73.2 Å². The van der Waals surface area contributed by atoms with Crippen molar-refractivity contribution in [3.8, 4) is 0 Å². The molecule has 2 nitrogen and oxygen atoms in total. The molecule has 0 radical (unpaired) electrons. The zero-order valence-corrected chi connectivity index (χ0v) is 7.54. The molecule has 12 heavy (non-hydrogen) atoms. The van der Waals surface area contributed by atoms with Gasteiger partial charge in [0.05, 0.1) is 0 Å². The Kier molecular flexibility index (Phi) is 5.70. The Morgan fingerprint density at radius 3 is 2.67 bits per heavy atom. The number of ketones is 1. The van der Waals surface area contributed by atoms with E-state index in [-0.39, 0.29) is 12.4 Å². The molecule has 0 aromatic carbocycles. The molecule has 0 unspecified atom stereocenters. The fraction of sp³-hybridized carbons (Fsp3) is 0.300. The van der Waals surface area contributed by atoms with Gasteiger partial charge in [-0.1, -0.05) is 18.7 Å². The first-order valence-electron chi connectivity index (χ1n) is 3.78. The average molecular weight is 166 g/mol. The van der Waals surface area contributed by atoms with Crippen molar-refractivity contribution in [2.75, 3.05) is 6.61 Å². The summed E-state index contributed by atoms with van der Waals surface area (Å²) >= 11 is 0. The van der Waals surface area contributed by atoms with Gasteiger partial charge in [0, 0.05) is 0 Å². The number of Topliss-reactive ketones (excluding diaryl/α,β-unsaturated/α-hetero) is 1. The van der Waals surface area contributed by atoms with Crippen molar-refractivity contribution in [1.29, 1.82) is 0 Å². The van der Waals surface area contributed by atoms with Gasteiger partial charge in [0.15, 0.2) is 5.78 Å². The van der Waals surface area contributed by atoms with Crippen LogP contribution in [-0.2, 0) is 9.53 Å². The summed E-state index contributed by atoms with van der Waals surface area (Å²) in [5.74, 6) is 0.700. The summed E-state index contributed by atoms with van der Waals surface area (Å²) in [6.07, 6.45) is 6.97. The molecule has 0 aromatic heterocycles. The largest absolute Gasteiger partial charge is 0.486 e. The molecule has 0 heterocycles. The van der Waals surface area contributed by atoms with Gasteiger partial charge in [0.2, 0.25) is 0 Å². The summed E-state index contributed by atoms with van der Waals surface area (Å²) in [7, 11) is 0. The van der Waals surface area contributed by atoms with Gasteiger partial charge in [0.1, 0.15) is 12.4 Å². The van der Waals surface area contributed by atoms with E-state index in [2.05, 4.69) is 6.58 Å². The van der Waals surface area contributed by atoms with Gasteiger partial charge in [-0.05, 0) is 26.0 Å². The van der Waals surface area contributed by atoms with Gasteiger partial charge >= 0.3 is 0 Å². The monoisotopic (exact) mass is 166 g/mol. The number of allylic oxidation sites excluding steroid dienone is 4. The molecule has 0 saturated carbocycles. The molecule has 2 heteroatoms. The van der Waals surface area contributed by atoms with Crippen molar-refractivity contribution in [1.82, 2.24) is 0 Å². The van der Waals surface area contributed by atoms with E-state index in [4.69, 9.17) is 4.74 Å². The van der Waals surface area contributed by atoms with Crippen molar-refractivity contribution in [2.24, 2.45) is 0 Å². The molecule has 0 saturated heterocycles. The Morgan fingerprint density at radius 1 is 1.58 bits per heavy atom. The molecule has 0 aromatic rings. The quantitative estimate of drug-likeness (QED) is 0.462. The average Bonchev–Trinajstić information content (AvgIpc) is 2.05. The fourth-order valence-electron chi connectivity index (χ4n) is 0.576. The van der Waals surface area contributed by atoms with E-state index in [1.54, 1.807) is 24.3 Å². The van der Waals surface area contributed by atoms with Crippen LogP contribution in [0.5, 0.6) is 0 Å². The number of hydrogen-bond donors (Lipinski definition) is 0. The third-order valence-electron chi connectivity index (χ3n) is 1.12. The molecule has 0 aliphatic carbocycles. The summed E-state index contributed by atoms with van der Waals surface area (Å²) in [4.78, 5) is 10.5. The van der Waals surface area contributed by atoms with E-state index in [0.29, 0.717) is 5.76 Å². The molecule has 0 N–H and O–H groups in total. The second-order valence-electron chi connectivity index (χ2n) is 2.28. The molecule has 0 bridgehead atoms. The van der Waals surface area contributed by atoms with Crippen molar-refractivity contribution >= 4 is 5.78 Å². The van der Waals surface area contributed by atoms with Crippen LogP contribution in [0.25, 0.3) is 0 Å². The highest BCUT2D eigenvalue weighted by molar-refractivity contribution is 5.76. The highest BCUT2D eigenvalue weighted by Crippen LogP contribution is 1.99. The summed E-state index contributed by atoms with van der Waals surface area (Å²) in [6.45, 7) is 6.99. The van der Waals surface area contributed by atoms with Crippen LogP contribution in [0.4, 0.5) is 0 Å². The molecule has 0 fully saturated rings. The minimum absolute atomic E-state index is 0.0151. The Morgan fingerprint density at radius 2 is 2.25 bits per heavy atom. The van der Waals surface area contributed by atoms with Crippen LogP contribution >= 0.6 is 0 Å². The first-order chi connectivity index (χ1) is 5.70. The van der Waals surface area contributed by atoms with E-state index < -0.39 is 0 Å². The molecule has 0 aliphatic heterocycles. The minimum atomic E-state index is 0.0151. The molecule has 0 rings (SSSR count). The Bertz CT molecular complexity index is 212. The Balaban J connectivity index is 3.93. The number of ether oxygens (including phenoxy) is 1. The SMILES string of the molecule is C=C/C=C\C(=C/C)OCC(C)=O. The molecule has 0 amide bonds. The third-order valence-corrected chi connectivity index (χ3v) is 1.12. The van der Waals surface area contributed by atoms with Crippen LogP contribution in [0.15, 0.2) is 36.6 Å². The lowest BCUT2D eigenvalue weighted by atomic mass is 10.4. The standard InChI is InChI=1S/C10H14O2/c1-4-6-7-10(5-2)12-8-9(3)11/h4-7H,1,8H2,2-3H3/b7-6-,10-5+. The normalized spacial score (nSPS) is 11.7. The fourth-order valence-corrected chi connectivity index (χ4v) is 0.576. The van der Waals surface area contributed by atoms with Gasteiger partial charge in [-0.25, -0.2) is 0 Å². The van der Waals surface area contributed by atoms with E-state index in [0.717, 1.165) is 0 Å². The molecule has 0 spiro atoms. The van der Waals surface area contributed by atoms with Crippen LogP contribution in [-0.4, -0.2) is 12.4 Å². The zero-order valence-electron chi connectivity index (χ0n) is 7.54. The molecular formula is C10H14O2. The first kappa shape index (κ1) is 10.7. The van der Waals surface area contributed by atoms with Crippen LogP contribution in [0.3, 0.4) is 0 Å². The summed E-state index contributed by atoms with van der Waals surface area (Å²) in [6, 6.07) is 0. The van der Waals surface area contributed by atoms with Gasteiger partial charge < -0.3 is 4.74 Å². The maximum Gasteiger partial charge on any atom is 0.167 e. The van der Waals surface area contributed by atoms with Crippen LogP contribution < -0.4 is 0 Å². The van der Waals surface area contributed by atoms with E-state index in [1.165, 1.54) is 6.92 Å². The minimum Gasteiger partial charge on any atom is -0.486 e. The van der Waals surface area contributed by atoms with Crippen LogP contribution in [0.2, 0.25) is 0 Å². The topological polar surface area (TPSA) is 26.3 Å². The highest BCUT2D eigenvalue weighted by atomic mass is 16.5. The molecule has 0 atom stereocenters. The second-order valence-corrected chi connectivity index (χ2v) is 2.28. The van der Waals surface area contributed by atoms with Crippen molar-refractivity contribution < 1.29 is 9.53 Å². The van der Waals surface area contributed by atoms with E-state index in [1.807, 2.05) is 6.92 Å². The predicted octanol–water partition coefficient (Wildman–Crippen LogP) is 2.24. The van der Waals surface area contributed by atoms with Gasteiger partial charge in [-0.15, -0.1) is 0 Å². The van der Waals surface area contributed by atoms with Gasteiger partial charge in [0.25, 0.3) is 0 Å². The molecule has 0 aliphatic rings. The molecular weight excluding hydrogens is 152 g/mol. The summed E-state index contributed by atoms with van der Waals surface area (Å²) in [5, 5.41) is 0. The van der Waals surface area contributed by atoms with Crippen LogP contribution in [0.1, 0.15) is 13.8 Å². The maximum absolute atomic E-state index is 10.5. The van der Waals surface area contributed by atoms with Crippen molar-refractivity contribution in [3.63, 3.8) is 0 Å². The van der Waals surface area contributed by atoms with E-state index >= 15 is 0 Å². The van der Waals surface area contributed by atoms with E-state index in [9.17, 15) is 4.79 Å². The lowest BCUT2D eigenvalue weighted by Gasteiger charge is -2.02. The number of carbonyl (C=O) groups is 1. The smallest absolute Gasteiger partial charge is 0.167 e. The summed E-state index contributed by atoms with van der Waals surface area (Å²) in [5.41, 5.74) is 0. The predicted molar refractivity (Wildman–Crippen MR) is 49.7 cm³/mol. The molecule has 66 valence electrons. The maximum atomic E-state index is 10.5. The lowest BCUT2D eigenvalue weighted by Crippen LogP contribution is -2.02. The van der Waals surface area contributed by atoms with Crippen molar-refractivity contribution in [2.45, 2.75) is 13.8 Å². The van der Waals surface area contributed by atoms with Crippen molar-refractivity contribution in [3.05, 3.63) is 36.6 Å². The number of carbonyl (C=O) groups excluding carboxylic acids is 1. The number of hydrogen-bond acceptors (Lipinski definition) is 2. The lowest BCUT2D eigenvalue weighted by molar-refractivity contribution is -0.120. The number of rotatable bonds is 5. The van der Waals surface area contributed by atoms with Crippen LogP contribution in [0, 0.1) is 0 Å². The van der Waals surface area contributed by atoms with Gasteiger partial charge in [-0.2, -0.15) is 0 Å². The third kappa shape index (κ3) is 5.47. The summed E-state index contributed by atoms with van der Waals surface area (Å²) < 4.78 is 5.13. The van der Waals surface area contributed by atoms with Gasteiger partial charge in [-0.3, -0.25) is 4.79 Å².